The van der Waals surface area contributed by atoms with Gasteiger partial charge in [-0.2, -0.15) is 18.2 Å². The molecule has 0 radical (unpaired) electrons. The summed E-state index contributed by atoms with van der Waals surface area (Å²) in [4.78, 5) is 0. The molecule has 0 aliphatic heterocycles. The molecule has 0 aliphatic carbocycles. The molecule has 4 rings (SSSR count). The van der Waals surface area contributed by atoms with E-state index in [1.165, 1.54) is 15.9 Å². The van der Waals surface area contributed by atoms with Crippen LogP contribution in [0.15, 0.2) is 109 Å². The number of para-hydroxylation sites is 2. The summed E-state index contributed by atoms with van der Waals surface area (Å²) in [5.41, 5.74) is 0. The number of hydrogen-bond donors (Lipinski definition) is 0. The zero-order chi connectivity index (χ0) is 17.6. The van der Waals surface area contributed by atoms with Gasteiger partial charge in [0.1, 0.15) is 5.75 Å². The maximum Gasteiger partial charge on any atom is 1.00 e. The summed E-state index contributed by atoms with van der Waals surface area (Å²) in [6, 6.07) is 40.5. The van der Waals surface area contributed by atoms with E-state index in [1.54, 1.807) is 0 Å². The van der Waals surface area contributed by atoms with Gasteiger partial charge in [-0.25, -0.2) is 0 Å². The topological polar surface area (TPSA) is 9.23 Å². The SMILES string of the molecule is [Li+].[c-]1ccccc1Oc1ccccc1P(c1ccccc1)c1ccccc1. The molecule has 0 saturated heterocycles. The molecule has 0 atom stereocenters. The Labute approximate surface area is 174 Å². The number of hydrogen-bond acceptors (Lipinski definition) is 1. The predicted molar refractivity (Wildman–Crippen MR) is 111 cm³/mol. The number of ether oxygens (including phenoxy) is 1. The van der Waals surface area contributed by atoms with Crippen molar-refractivity contribution in [2.45, 2.75) is 0 Å². The molecule has 0 aliphatic rings. The van der Waals surface area contributed by atoms with Crippen LogP contribution in [0.1, 0.15) is 0 Å². The molecule has 0 aromatic heterocycles. The minimum atomic E-state index is -0.702. The van der Waals surface area contributed by atoms with Crippen molar-refractivity contribution in [2.24, 2.45) is 0 Å². The molecule has 0 amide bonds. The van der Waals surface area contributed by atoms with Crippen LogP contribution in [0, 0.1) is 6.07 Å². The van der Waals surface area contributed by atoms with Gasteiger partial charge >= 0.3 is 18.9 Å². The van der Waals surface area contributed by atoms with E-state index in [0.717, 1.165) is 11.5 Å². The van der Waals surface area contributed by atoms with Gasteiger partial charge in [0.25, 0.3) is 0 Å². The normalized spacial score (nSPS) is 10.3. The molecule has 27 heavy (non-hydrogen) atoms. The van der Waals surface area contributed by atoms with Gasteiger partial charge in [0.05, 0.1) is 0 Å². The van der Waals surface area contributed by atoms with E-state index in [2.05, 4.69) is 78.9 Å². The molecule has 0 saturated carbocycles. The van der Waals surface area contributed by atoms with Crippen LogP contribution in [0.4, 0.5) is 0 Å². The van der Waals surface area contributed by atoms with Gasteiger partial charge in [0, 0.05) is 11.1 Å². The zero-order valence-corrected chi connectivity index (χ0v) is 16.1. The van der Waals surface area contributed by atoms with Crippen LogP contribution in [-0.2, 0) is 0 Å². The van der Waals surface area contributed by atoms with Gasteiger partial charge in [-0.3, -0.25) is 0 Å². The Hall–Kier alpha value is -2.29. The van der Waals surface area contributed by atoms with Crippen LogP contribution in [0.5, 0.6) is 11.5 Å². The smallest absolute Gasteiger partial charge is 0.483 e. The Balaban J connectivity index is 0.00000210. The van der Waals surface area contributed by atoms with Gasteiger partial charge in [-0.05, 0) is 24.6 Å². The number of rotatable bonds is 5. The molecule has 3 heteroatoms. The van der Waals surface area contributed by atoms with Crippen LogP contribution >= 0.6 is 7.92 Å². The Morgan fingerprint density at radius 1 is 0.593 bits per heavy atom. The third-order valence-corrected chi connectivity index (χ3v) is 6.52. The first kappa shape index (κ1) is 19.5. The van der Waals surface area contributed by atoms with E-state index in [-0.39, 0.29) is 18.9 Å². The van der Waals surface area contributed by atoms with Gasteiger partial charge in [0.2, 0.25) is 0 Å². The minimum absolute atomic E-state index is 0. The van der Waals surface area contributed by atoms with Crippen molar-refractivity contribution in [1.82, 2.24) is 0 Å². The zero-order valence-electron chi connectivity index (χ0n) is 15.2. The Morgan fingerprint density at radius 3 is 1.74 bits per heavy atom. The quantitative estimate of drug-likeness (QED) is 0.301. The van der Waals surface area contributed by atoms with E-state index in [4.69, 9.17) is 4.74 Å². The van der Waals surface area contributed by atoms with Crippen LogP contribution in [-0.4, -0.2) is 0 Å². The van der Waals surface area contributed by atoms with E-state index in [0.29, 0.717) is 0 Å². The Morgan fingerprint density at radius 2 is 1.15 bits per heavy atom. The second-order valence-electron chi connectivity index (χ2n) is 5.80. The predicted octanol–water partition coefficient (Wildman–Crippen LogP) is 2.04. The van der Waals surface area contributed by atoms with Crippen molar-refractivity contribution in [1.29, 1.82) is 0 Å². The van der Waals surface area contributed by atoms with Crippen molar-refractivity contribution in [3.05, 3.63) is 115 Å². The molecular weight excluding hydrogens is 342 g/mol. The monoisotopic (exact) mass is 360 g/mol. The molecule has 0 spiro atoms. The van der Waals surface area contributed by atoms with Crippen molar-refractivity contribution in [2.75, 3.05) is 0 Å². The fourth-order valence-corrected chi connectivity index (χ4v) is 5.24. The van der Waals surface area contributed by atoms with Gasteiger partial charge in [-0.1, -0.05) is 78.9 Å². The molecule has 0 heterocycles. The molecule has 0 bridgehead atoms. The molecule has 0 fully saturated rings. The summed E-state index contributed by atoms with van der Waals surface area (Å²) in [6.07, 6.45) is 0. The average molecular weight is 360 g/mol. The summed E-state index contributed by atoms with van der Waals surface area (Å²) in [7, 11) is -0.702. The molecule has 0 unspecified atom stereocenters. The largest absolute Gasteiger partial charge is 1.00 e. The van der Waals surface area contributed by atoms with Crippen LogP contribution in [0.25, 0.3) is 0 Å². The van der Waals surface area contributed by atoms with E-state index < -0.39 is 7.92 Å². The fraction of sp³-hybridized carbons (Fsp3) is 0. The van der Waals surface area contributed by atoms with E-state index in [1.807, 2.05) is 36.4 Å². The van der Waals surface area contributed by atoms with Gasteiger partial charge in [-0.15, -0.1) is 12.1 Å². The molecule has 1 nitrogen and oxygen atoms in total. The fourth-order valence-electron chi connectivity index (χ4n) is 2.87. The van der Waals surface area contributed by atoms with Crippen LogP contribution in [0.3, 0.4) is 0 Å². The number of benzene rings is 4. The van der Waals surface area contributed by atoms with Gasteiger partial charge in [0.15, 0.2) is 0 Å². The van der Waals surface area contributed by atoms with Crippen LogP contribution < -0.4 is 39.5 Å². The van der Waals surface area contributed by atoms with Crippen molar-refractivity contribution >= 4 is 23.8 Å². The average Bonchev–Trinajstić information content (AvgIpc) is 2.72. The first-order valence-electron chi connectivity index (χ1n) is 8.56. The molecule has 4 aromatic carbocycles. The molecule has 126 valence electrons. The van der Waals surface area contributed by atoms with Crippen molar-refractivity contribution in [3.8, 4) is 11.5 Å². The summed E-state index contributed by atoms with van der Waals surface area (Å²) < 4.78 is 6.19. The van der Waals surface area contributed by atoms with E-state index in [9.17, 15) is 0 Å². The van der Waals surface area contributed by atoms with Crippen molar-refractivity contribution in [3.63, 3.8) is 0 Å². The standard InChI is InChI=1S/C24H18OP.Li/c1-4-12-20(13-5-1)25-23-18-10-11-19-24(23)26(21-14-6-2-7-15-21)22-16-8-3-9-17-22;/h1-12,14-19H;/q-1;+1. The molecule has 4 aromatic rings. The first-order valence-corrected chi connectivity index (χ1v) is 9.90. The second-order valence-corrected chi connectivity index (χ2v) is 7.99. The minimum Gasteiger partial charge on any atom is -0.483 e. The Kier molecular flexibility index (Phi) is 6.91. The third kappa shape index (κ3) is 4.71. The van der Waals surface area contributed by atoms with Crippen LogP contribution in [0.2, 0.25) is 0 Å². The maximum absolute atomic E-state index is 6.19. The third-order valence-electron chi connectivity index (χ3n) is 4.04. The van der Waals surface area contributed by atoms with E-state index >= 15 is 0 Å². The molecular formula is C24H18LiOP. The summed E-state index contributed by atoms with van der Waals surface area (Å²) in [5, 5.41) is 3.82. The van der Waals surface area contributed by atoms with Gasteiger partial charge < -0.3 is 4.74 Å². The molecule has 0 N–H and O–H groups in total. The summed E-state index contributed by atoms with van der Waals surface area (Å²) in [6.45, 7) is 0. The Bertz CT molecular complexity index is 920. The first-order chi connectivity index (χ1) is 12.9. The summed E-state index contributed by atoms with van der Waals surface area (Å²) >= 11 is 0. The second kappa shape index (κ2) is 9.59. The maximum atomic E-state index is 6.19. The summed E-state index contributed by atoms with van der Waals surface area (Å²) in [5.74, 6) is 1.62. The van der Waals surface area contributed by atoms with Crippen molar-refractivity contribution < 1.29 is 23.6 Å².